The maximum atomic E-state index is 13.1. The van der Waals surface area contributed by atoms with Crippen molar-refractivity contribution in [1.29, 1.82) is 0 Å². The van der Waals surface area contributed by atoms with Crippen molar-refractivity contribution in [2.24, 2.45) is 0 Å². The number of sulfonamides is 1. The number of piperidine rings is 1. The smallest absolute Gasteiger partial charge is 0.253 e. The van der Waals surface area contributed by atoms with Crippen LogP contribution in [-0.4, -0.2) is 36.8 Å². The van der Waals surface area contributed by atoms with Crippen LogP contribution < -0.4 is 5.32 Å². The molecule has 2 aromatic rings. The van der Waals surface area contributed by atoms with E-state index in [1.54, 1.807) is 30.3 Å². The van der Waals surface area contributed by atoms with E-state index in [1.165, 1.54) is 10.4 Å². The number of hydrogen-bond donors (Lipinski definition) is 2. The second-order valence-corrected chi connectivity index (χ2v) is 9.28. The van der Waals surface area contributed by atoms with Gasteiger partial charge in [0.1, 0.15) is 5.75 Å². The van der Waals surface area contributed by atoms with Gasteiger partial charge in [0, 0.05) is 13.1 Å². The number of fused-ring (bicyclic) bond motifs is 1. The van der Waals surface area contributed by atoms with E-state index in [9.17, 15) is 18.3 Å². The molecule has 1 unspecified atom stereocenters. The zero-order valence-corrected chi connectivity index (χ0v) is 16.4. The minimum Gasteiger partial charge on any atom is -0.508 e. The summed E-state index contributed by atoms with van der Waals surface area (Å²) in [6.07, 6.45) is 4.08. The number of amides is 1. The number of nitrogens with zero attached hydrogens (tertiary/aromatic N) is 1. The molecule has 2 N–H and O–H groups in total. The summed E-state index contributed by atoms with van der Waals surface area (Å²) in [5, 5.41) is 13.0. The second kappa shape index (κ2) is 7.56. The maximum absolute atomic E-state index is 13.1. The van der Waals surface area contributed by atoms with Crippen LogP contribution in [0.15, 0.2) is 47.4 Å². The van der Waals surface area contributed by atoms with Gasteiger partial charge in [-0.05, 0) is 55.0 Å². The van der Waals surface area contributed by atoms with E-state index >= 15 is 0 Å². The Labute approximate surface area is 165 Å². The van der Waals surface area contributed by atoms with Crippen molar-refractivity contribution in [3.8, 4) is 5.75 Å². The maximum Gasteiger partial charge on any atom is 0.253 e. The summed E-state index contributed by atoms with van der Waals surface area (Å²) in [6, 6.07) is 11.5. The van der Waals surface area contributed by atoms with Gasteiger partial charge in [0.25, 0.3) is 5.91 Å². The predicted octanol–water partition coefficient (Wildman–Crippen LogP) is 2.98. The van der Waals surface area contributed by atoms with Crippen LogP contribution in [-0.2, 0) is 16.4 Å². The first kappa shape index (κ1) is 19.0. The predicted molar refractivity (Wildman–Crippen MR) is 106 cm³/mol. The van der Waals surface area contributed by atoms with Gasteiger partial charge < -0.3 is 10.4 Å². The molecule has 1 heterocycles. The molecule has 28 heavy (non-hydrogen) atoms. The Bertz CT molecular complexity index is 997. The van der Waals surface area contributed by atoms with Crippen LogP contribution in [0.1, 0.15) is 53.2 Å². The van der Waals surface area contributed by atoms with Crippen molar-refractivity contribution >= 4 is 15.9 Å². The number of phenols is 1. The lowest BCUT2D eigenvalue weighted by atomic mass is 10.1. The Morgan fingerprint density at radius 3 is 2.57 bits per heavy atom. The monoisotopic (exact) mass is 400 g/mol. The first-order chi connectivity index (χ1) is 13.5. The van der Waals surface area contributed by atoms with Crippen LogP contribution in [0.5, 0.6) is 5.75 Å². The number of rotatable bonds is 4. The lowest BCUT2D eigenvalue weighted by Crippen LogP contribution is -2.37. The SMILES string of the molecule is O=C(NC1CCc2c(O)cccc21)c1ccccc1S(=O)(=O)N1CCCCC1. The third-order valence-electron chi connectivity index (χ3n) is 5.62. The summed E-state index contributed by atoms with van der Waals surface area (Å²) in [6.45, 7) is 0.987. The van der Waals surface area contributed by atoms with Crippen LogP contribution in [0, 0.1) is 0 Å². The van der Waals surface area contributed by atoms with E-state index < -0.39 is 15.9 Å². The van der Waals surface area contributed by atoms with Crippen LogP contribution in [0.4, 0.5) is 0 Å². The number of nitrogens with one attached hydrogen (secondary N) is 1. The lowest BCUT2D eigenvalue weighted by molar-refractivity contribution is 0.0933. The Hall–Kier alpha value is -2.38. The first-order valence-corrected chi connectivity index (χ1v) is 11.1. The topological polar surface area (TPSA) is 86.7 Å². The van der Waals surface area contributed by atoms with Crippen LogP contribution in [0.2, 0.25) is 0 Å². The van der Waals surface area contributed by atoms with Gasteiger partial charge in [0.2, 0.25) is 10.0 Å². The highest BCUT2D eigenvalue weighted by Crippen LogP contribution is 2.36. The van der Waals surface area contributed by atoms with Crippen molar-refractivity contribution in [3.63, 3.8) is 0 Å². The number of benzene rings is 2. The van der Waals surface area contributed by atoms with E-state index in [1.807, 2.05) is 6.07 Å². The Morgan fingerprint density at radius 2 is 1.79 bits per heavy atom. The van der Waals surface area contributed by atoms with Crippen molar-refractivity contribution in [2.75, 3.05) is 13.1 Å². The number of phenolic OH excluding ortho intramolecular Hbond substituents is 1. The molecule has 2 aromatic carbocycles. The van der Waals surface area contributed by atoms with Gasteiger partial charge in [-0.1, -0.05) is 30.7 Å². The fourth-order valence-electron chi connectivity index (χ4n) is 4.14. The van der Waals surface area contributed by atoms with Crippen molar-refractivity contribution < 1.29 is 18.3 Å². The fourth-order valence-corrected chi connectivity index (χ4v) is 5.85. The zero-order valence-electron chi connectivity index (χ0n) is 15.6. The molecule has 0 saturated carbocycles. The average molecular weight is 401 g/mol. The molecule has 148 valence electrons. The molecule has 4 rings (SSSR count). The number of carbonyl (C=O) groups excluding carboxylic acids is 1. The summed E-state index contributed by atoms with van der Waals surface area (Å²) in [7, 11) is -3.71. The molecule has 0 aromatic heterocycles. The number of aromatic hydroxyl groups is 1. The molecular weight excluding hydrogens is 376 g/mol. The van der Waals surface area contributed by atoms with E-state index in [-0.39, 0.29) is 22.3 Å². The first-order valence-electron chi connectivity index (χ1n) is 9.69. The molecule has 1 aliphatic heterocycles. The summed E-state index contributed by atoms with van der Waals surface area (Å²) in [4.78, 5) is 13.0. The third-order valence-corrected chi connectivity index (χ3v) is 7.57. The Balaban J connectivity index is 1.61. The highest BCUT2D eigenvalue weighted by molar-refractivity contribution is 7.89. The average Bonchev–Trinajstić information content (AvgIpc) is 3.13. The summed E-state index contributed by atoms with van der Waals surface area (Å²) in [5.74, 6) is -0.167. The molecule has 1 atom stereocenters. The normalized spacial score (nSPS) is 19.9. The minimum atomic E-state index is -3.71. The molecule has 1 amide bonds. The van der Waals surface area contributed by atoms with Gasteiger partial charge in [0.05, 0.1) is 16.5 Å². The van der Waals surface area contributed by atoms with Gasteiger partial charge in [-0.2, -0.15) is 4.31 Å². The highest BCUT2D eigenvalue weighted by Gasteiger charge is 2.31. The zero-order chi connectivity index (χ0) is 19.7. The second-order valence-electron chi connectivity index (χ2n) is 7.37. The van der Waals surface area contributed by atoms with Crippen LogP contribution in [0.25, 0.3) is 0 Å². The molecule has 1 aliphatic carbocycles. The van der Waals surface area contributed by atoms with Crippen molar-refractivity contribution in [3.05, 3.63) is 59.2 Å². The summed E-state index contributed by atoms with van der Waals surface area (Å²) in [5.41, 5.74) is 1.91. The lowest BCUT2D eigenvalue weighted by Gasteiger charge is -2.26. The van der Waals surface area contributed by atoms with Crippen LogP contribution in [0.3, 0.4) is 0 Å². The third kappa shape index (κ3) is 3.40. The van der Waals surface area contributed by atoms with E-state index in [4.69, 9.17) is 0 Å². The van der Waals surface area contributed by atoms with E-state index in [0.717, 1.165) is 30.4 Å². The van der Waals surface area contributed by atoms with Gasteiger partial charge in [0.15, 0.2) is 0 Å². The van der Waals surface area contributed by atoms with Crippen molar-refractivity contribution in [2.45, 2.75) is 43.0 Å². The minimum absolute atomic E-state index is 0.0588. The molecule has 7 heteroatoms. The van der Waals surface area contributed by atoms with Gasteiger partial charge >= 0.3 is 0 Å². The molecule has 6 nitrogen and oxygen atoms in total. The molecular formula is C21H24N2O4S. The van der Waals surface area contributed by atoms with Gasteiger partial charge in [-0.15, -0.1) is 0 Å². The van der Waals surface area contributed by atoms with E-state index in [2.05, 4.69) is 5.32 Å². The Morgan fingerprint density at radius 1 is 1.04 bits per heavy atom. The molecule has 1 saturated heterocycles. The summed E-state index contributed by atoms with van der Waals surface area (Å²) < 4.78 is 27.7. The van der Waals surface area contributed by atoms with Crippen molar-refractivity contribution in [1.82, 2.24) is 9.62 Å². The standard InChI is InChI=1S/C21H24N2O4S/c24-19-9-6-8-15-16(19)11-12-18(15)22-21(25)17-7-2-3-10-20(17)28(26,27)23-13-4-1-5-14-23/h2-3,6-10,18,24H,1,4-5,11-14H2,(H,22,25). The van der Waals surface area contributed by atoms with Gasteiger partial charge in [-0.25, -0.2) is 8.42 Å². The number of carbonyl (C=O) groups is 1. The molecule has 0 spiro atoms. The van der Waals surface area contributed by atoms with E-state index in [0.29, 0.717) is 25.9 Å². The summed E-state index contributed by atoms with van der Waals surface area (Å²) >= 11 is 0. The van der Waals surface area contributed by atoms with Crippen LogP contribution >= 0.6 is 0 Å². The largest absolute Gasteiger partial charge is 0.508 e. The van der Waals surface area contributed by atoms with Gasteiger partial charge in [-0.3, -0.25) is 4.79 Å². The molecule has 0 radical (unpaired) electrons. The molecule has 2 aliphatic rings. The number of hydrogen-bond acceptors (Lipinski definition) is 4. The fraction of sp³-hybridized carbons (Fsp3) is 0.381. The molecule has 0 bridgehead atoms. The quantitative estimate of drug-likeness (QED) is 0.826. The molecule has 1 fully saturated rings. The highest BCUT2D eigenvalue weighted by atomic mass is 32.2. The Kier molecular flexibility index (Phi) is 5.12.